The van der Waals surface area contributed by atoms with Crippen molar-refractivity contribution >= 4 is 5.91 Å². The molecule has 0 aromatic heterocycles. The third-order valence-electron chi connectivity index (χ3n) is 5.44. The standard InChI is InChI=1S/C20H32N2O2/c1-7-24-17-12-20(21,19(17,5)6)18(23)22-15(4)11-16-9-13(2)8-14(3)10-16/h8-10,15,17H,7,11-12,21H2,1-6H3,(H,22,23). The Labute approximate surface area is 146 Å². The number of carbonyl (C=O) groups excluding carboxylic acids is 1. The van der Waals surface area contributed by atoms with Crippen molar-refractivity contribution in [1.82, 2.24) is 5.32 Å². The number of nitrogens with two attached hydrogens (primary N) is 1. The number of ether oxygens (including phenoxy) is 1. The fourth-order valence-electron chi connectivity index (χ4n) is 3.76. The highest BCUT2D eigenvalue weighted by molar-refractivity contribution is 5.89. The first-order valence-corrected chi connectivity index (χ1v) is 8.88. The Kier molecular flexibility index (Phi) is 5.41. The molecule has 4 nitrogen and oxygen atoms in total. The zero-order valence-electron chi connectivity index (χ0n) is 15.9. The first-order chi connectivity index (χ1) is 11.1. The van der Waals surface area contributed by atoms with E-state index in [-0.39, 0.29) is 23.5 Å². The third-order valence-corrected chi connectivity index (χ3v) is 5.44. The van der Waals surface area contributed by atoms with Crippen molar-refractivity contribution in [2.75, 3.05) is 6.61 Å². The van der Waals surface area contributed by atoms with Gasteiger partial charge in [0.25, 0.3) is 0 Å². The summed E-state index contributed by atoms with van der Waals surface area (Å²) in [7, 11) is 0. The minimum absolute atomic E-state index is 0.0427. The summed E-state index contributed by atoms with van der Waals surface area (Å²) in [5.41, 5.74) is 8.97. The van der Waals surface area contributed by atoms with Crippen LogP contribution in [-0.4, -0.2) is 30.2 Å². The van der Waals surface area contributed by atoms with Gasteiger partial charge in [-0.3, -0.25) is 4.79 Å². The molecule has 1 aromatic rings. The predicted octanol–water partition coefficient (Wildman–Crippen LogP) is 2.88. The second-order valence-corrected chi connectivity index (χ2v) is 7.92. The van der Waals surface area contributed by atoms with E-state index in [9.17, 15) is 4.79 Å². The van der Waals surface area contributed by atoms with Gasteiger partial charge in [-0.25, -0.2) is 0 Å². The Hall–Kier alpha value is -1.39. The van der Waals surface area contributed by atoms with Crippen molar-refractivity contribution < 1.29 is 9.53 Å². The third kappa shape index (κ3) is 3.50. The number of amides is 1. The minimum atomic E-state index is -0.858. The van der Waals surface area contributed by atoms with E-state index in [1.165, 1.54) is 16.7 Å². The molecule has 3 unspecified atom stereocenters. The fraction of sp³-hybridized carbons (Fsp3) is 0.650. The van der Waals surface area contributed by atoms with Crippen LogP contribution in [-0.2, 0) is 16.0 Å². The number of carbonyl (C=O) groups is 1. The molecule has 0 aliphatic heterocycles. The van der Waals surface area contributed by atoms with Crippen LogP contribution in [0.25, 0.3) is 0 Å². The van der Waals surface area contributed by atoms with E-state index >= 15 is 0 Å². The van der Waals surface area contributed by atoms with Crippen LogP contribution in [0.15, 0.2) is 18.2 Å². The number of benzene rings is 1. The second kappa shape index (κ2) is 6.85. The topological polar surface area (TPSA) is 64.3 Å². The maximum Gasteiger partial charge on any atom is 0.241 e. The quantitative estimate of drug-likeness (QED) is 0.842. The molecule has 1 saturated carbocycles. The summed E-state index contributed by atoms with van der Waals surface area (Å²) in [5.74, 6) is -0.0691. The van der Waals surface area contributed by atoms with E-state index in [0.717, 1.165) is 6.42 Å². The number of hydrogen-bond acceptors (Lipinski definition) is 3. The number of hydrogen-bond donors (Lipinski definition) is 2. The summed E-state index contributed by atoms with van der Waals surface area (Å²) < 4.78 is 5.71. The van der Waals surface area contributed by atoms with Gasteiger partial charge in [0.05, 0.1) is 6.10 Å². The molecule has 0 spiro atoms. The molecule has 3 N–H and O–H groups in total. The lowest BCUT2D eigenvalue weighted by Gasteiger charge is -2.57. The Morgan fingerprint density at radius 2 is 1.92 bits per heavy atom. The summed E-state index contributed by atoms with van der Waals surface area (Å²) in [6.07, 6.45) is 1.43. The van der Waals surface area contributed by atoms with Crippen molar-refractivity contribution in [3.63, 3.8) is 0 Å². The van der Waals surface area contributed by atoms with Crippen LogP contribution in [0.1, 0.15) is 50.8 Å². The first-order valence-electron chi connectivity index (χ1n) is 8.88. The number of rotatable bonds is 6. The van der Waals surface area contributed by atoms with E-state index in [2.05, 4.69) is 37.4 Å². The van der Waals surface area contributed by atoms with Gasteiger partial charge < -0.3 is 15.8 Å². The highest BCUT2D eigenvalue weighted by Gasteiger charge is 2.62. The smallest absolute Gasteiger partial charge is 0.241 e. The highest BCUT2D eigenvalue weighted by Crippen LogP contribution is 2.49. The van der Waals surface area contributed by atoms with E-state index in [1.54, 1.807) is 0 Å². The van der Waals surface area contributed by atoms with Crippen molar-refractivity contribution in [2.24, 2.45) is 11.1 Å². The van der Waals surface area contributed by atoms with Crippen LogP contribution in [0.2, 0.25) is 0 Å². The summed E-state index contributed by atoms with van der Waals surface area (Å²) in [4.78, 5) is 12.8. The summed E-state index contributed by atoms with van der Waals surface area (Å²) in [5, 5.41) is 3.11. The molecule has 1 aromatic carbocycles. The number of nitrogens with one attached hydrogen (secondary N) is 1. The summed E-state index contributed by atoms with van der Waals surface area (Å²) in [6.45, 7) is 12.9. The molecular formula is C20H32N2O2. The molecule has 0 radical (unpaired) electrons. The Morgan fingerprint density at radius 1 is 1.33 bits per heavy atom. The normalized spacial score (nSPS) is 26.5. The largest absolute Gasteiger partial charge is 0.378 e. The summed E-state index contributed by atoms with van der Waals surface area (Å²) >= 11 is 0. The maximum atomic E-state index is 12.8. The average molecular weight is 332 g/mol. The Bertz CT molecular complexity index is 591. The van der Waals surface area contributed by atoms with Crippen LogP contribution >= 0.6 is 0 Å². The van der Waals surface area contributed by atoms with Gasteiger partial charge in [0, 0.05) is 24.5 Å². The predicted molar refractivity (Wildman–Crippen MR) is 98.0 cm³/mol. The van der Waals surface area contributed by atoms with Crippen molar-refractivity contribution in [1.29, 1.82) is 0 Å². The van der Waals surface area contributed by atoms with Gasteiger partial charge in [0.2, 0.25) is 5.91 Å². The molecule has 0 saturated heterocycles. The van der Waals surface area contributed by atoms with Crippen LogP contribution in [0.5, 0.6) is 0 Å². The van der Waals surface area contributed by atoms with Crippen molar-refractivity contribution in [3.8, 4) is 0 Å². The van der Waals surface area contributed by atoms with Crippen LogP contribution < -0.4 is 11.1 Å². The molecule has 1 amide bonds. The van der Waals surface area contributed by atoms with Gasteiger partial charge in [-0.1, -0.05) is 43.2 Å². The molecule has 0 heterocycles. The molecule has 134 valence electrons. The van der Waals surface area contributed by atoms with Crippen LogP contribution in [0, 0.1) is 19.3 Å². The van der Waals surface area contributed by atoms with Gasteiger partial charge in [-0.2, -0.15) is 0 Å². The fourth-order valence-corrected chi connectivity index (χ4v) is 3.76. The minimum Gasteiger partial charge on any atom is -0.378 e. The summed E-state index contributed by atoms with van der Waals surface area (Å²) in [6, 6.07) is 6.55. The lowest BCUT2D eigenvalue weighted by Crippen LogP contribution is -2.76. The number of aryl methyl sites for hydroxylation is 2. The van der Waals surface area contributed by atoms with E-state index in [4.69, 9.17) is 10.5 Å². The Balaban J connectivity index is 1.99. The van der Waals surface area contributed by atoms with E-state index < -0.39 is 5.54 Å². The SMILES string of the molecule is CCOC1CC(N)(C(=O)NC(C)Cc2cc(C)cc(C)c2)C1(C)C. The monoisotopic (exact) mass is 332 g/mol. The van der Waals surface area contributed by atoms with Crippen molar-refractivity contribution in [2.45, 2.75) is 72.1 Å². The molecule has 24 heavy (non-hydrogen) atoms. The zero-order valence-corrected chi connectivity index (χ0v) is 15.9. The molecule has 4 heteroatoms. The van der Waals surface area contributed by atoms with E-state index in [1.807, 2.05) is 27.7 Å². The van der Waals surface area contributed by atoms with Gasteiger partial charge >= 0.3 is 0 Å². The van der Waals surface area contributed by atoms with Crippen LogP contribution in [0.4, 0.5) is 0 Å². The molecule has 1 aliphatic carbocycles. The molecule has 0 bridgehead atoms. The van der Waals surface area contributed by atoms with Gasteiger partial charge in [-0.05, 0) is 39.7 Å². The van der Waals surface area contributed by atoms with Gasteiger partial charge in [0.15, 0.2) is 0 Å². The molecule has 2 rings (SSSR count). The maximum absolute atomic E-state index is 12.8. The van der Waals surface area contributed by atoms with Gasteiger partial charge in [0.1, 0.15) is 5.54 Å². The van der Waals surface area contributed by atoms with Gasteiger partial charge in [-0.15, -0.1) is 0 Å². The van der Waals surface area contributed by atoms with Crippen molar-refractivity contribution in [3.05, 3.63) is 34.9 Å². The average Bonchev–Trinajstić information content (AvgIpc) is 2.45. The molecule has 1 aliphatic rings. The molecular weight excluding hydrogens is 300 g/mol. The first kappa shape index (κ1) is 18.9. The second-order valence-electron chi connectivity index (χ2n) is 7.92. The lowest BCUT2D eigenvalue weighted by molar-refractivity contribution is -0.171. The molecule has 3 atom stereocenters. The van der Waals surface area contributed by atoms with E-state index in [0.29, 0.717) is 13.0 Å². The molecule has 1 fully saturated rings. The Morgan fingerprint density at radius 3 is 2.42 bits per heavy atom. The highest BCUT2D eigenvalue weighted by atomic mass is 16.5. The van der Waals surface area contributed by atoms with Crippen LogP contribution in [0.3, 0.4) is 0 Å². The zero-order chi connectivity index (χ0) is 18.1. The lowest BCUT2D eigenvalue weighted by atomic mass is 9.54.